The van der Waals surface area contributed by atoms with E-state index in [4.69, 9.17) is 9.88 Å². The van der Waals surface area contributed by atoms with E-state index in [2.05, 4.69) is 56.3 Å². The molecule has 1 unspecified atom stereocenters. The topological polar surface area (TPSA) is 52.3 Å². The number of carbonyl (C=O) groups is 1. The van der Waals surface area contributed by atoms with Crippen molar-refractivity contribution < 1.29 is 9.53 Å². The van der Waals surface area contributed by atoms with E-state index in [0.29, 0.717) is 5.75 Å². The Balaban J connectivity index is 2.13. The first-order valence-electron chi connectivity index (χ1n) is 9.33. The number of unbranched alkanes of at least 4 members (excludes halogenated alkanes) is 2. The van der Waals surface area contributed by atoms with Crippen molar-refractivity contribution >= 4 is 15.8 Å². The van der Waals surface area contributed by atoms with Crippen LogP contribution in [0.3, 0.4) is 0 Å². The zero-order valence-corrected chi connectivity index (χ0v) is 17.0. The van der Waals surface area contributed by atoms with E-state index < -0.39 is 10.2 Å². The molecule has 2 rings (SSSR count). The van der Waals surface area contributed by atoms with Crippen LogP contribution < -0.4 is 9.88 Å². The highest BCUT2D eigenvalue weighted by Crippen LogP contribution is 2.36. The van der Waals surface area contributed by atoms with E-state index in [9.17, 15) is 4.79 Å². The molecule has 0 fully saturated rings. The Morgan fingerprint density at radius 3 is 2.42 bits per heavy atom. The molecule has 0 saturated heterocycles. The van der Waals surface area contributed by atoms with Gasteiger partial charge in [-0.25, -0.2) is 0 Å². The Morgan fingerprint density at radius 1 is 1.08 bits per heavy atom. The van der Waals surface area contributed by atoms with Crippen molar-refractivity contribution in [3.63, 3.8) is 0 Å². The smallest absolute Gasteiger partial charge is 0.171 e. The number of carbonyl (C=O) groups excluding carboxylic acids is 1. The van der Waals surface area contributed by atoms with Crippen molar-refractivity contribution in [3.8, 4) is 16.9 Å². The molecule has 2 aromatic rings. The van der Waals surface area contributed by atoms with E-state index in [-0.39, 0.29) is 0 Å². The Labute approximate surface area is 159 Å². The van der Waals surface area contributed by atoms with Crippen molar-refractivity contribution in [1.82, 2.24) is 0 Å². The summed E-state index contributed by atoms with van der Waals surface area (Å²) < 4.78 is 5.88. The van der Waals surface area contributed by atoms with Crippen LogP contribution in [0.4, 0.5) is 0 Å². The third-order valence-corrected chi connectivity index (χ3v) is 5.83. The van der Waals surface area contributed by atoms with E-state index >= 15 is 0 Å². The standard InChI is InChI=1S/C22H31NO2S/c1-4-6-7-14-25-21-12-13-22(19(5-2)15-21)20-10-8-18(9-11-20)16-26(3,23)17-24/h8-13,15,17H,4-7,14,16,23H2,1-3H3. The lowest BCUT2D eigenvalue weighted by Crippen LogP contribution is -2.12. The van der Waals surface area contributed by atoms with Gasteiger partial charge in [0.05, 0.1) is 6.61 Å². The molecule has 1 atom stereocenters. The van der Waals surface area contributed by atoms with Gasteiger partial charge in [-0.1, -0.05) is 57.0 Å². The molecule has 0 aliphatic heterocycles. The second-order valence-corrected chi connectivity index (χ2v) is 9.84. The molecular formula is C22H31NO2S. The fraction of sp³-hybridized carbons (Fsp3) is 0.409. The minimum absolute atomic E-state index is 0.627. The van der Waals surface area contributed by atoms with Gasteiger partial charge in [-0.05, 0) is 53.5 Å². The van der Waals surface area contributed by atoms with Crippen LogP contribution in [-0.4, -0.2) is 18.5 Å². The molecule has 4 heteroatoms. The molecule has 0 amide bonds. The van der Waals surface area contributed by atoms with Gasteiger partial charge in [0, 0.05) is 5.75 Å². The summed E-state index contributed by atoms with van der Waals surface area (Å²) in [5.41, 5.74) is 5.71. The molecule has 0 spiro atoms. The average Bonchev–Trinajstić information content (AvgIpc) is 2.65. The van der Waals surface area contributed by atoms with E-state index in [1.807, 2.05) is 6.26 Å². The van der Waals surface area contributed by atoms with Crippen molar-refractivity contribution in [2.24, 2.45) is 5.14 Å². The lowest BCUT2D eigenvalue weighted by molar-refractivity contribution is 0.306. The summed E-state index contributed by atoms with van der Waals surface area (Å²) in [7, 11) is -1.68. The number of ether oxygens (including phenoxy) is 1. The molecular weight excluding hydrogens is 342 g/mol. The van der Waals surface area contributed by atoms with Crippen LogP contribution in [-0.2, 0) is 17.0 Å². The highest BCUT2D eigenvalue weighted by Gasteiger charge is 2.12. The zero-order chi connectivity index (χ0) is 19.0. The van der Waals surface area contributed by atoms with Crippen LogP contribution >= 0.6 is 10.2 Å². The number of aryl methyl sites for hydroxylation is 1. The number of nitrogens with two attached hydrogens (primary N) is 1. The summed E-state index contributed by atoms with van der Waals surface area (Å²) in [6.45, 7) is 5.15. The van der Waals surface area contributed by atoms with Crippen molar-refractivity contribution in [1.29, 1.82) is 0 Å². The molecule has 3 nitrogen and oxygen atoms in total. The van der Waals surface area contributed by atoms with Crippen LogP contribution in [0.25, 0.3) is 11.1 Å². The lowest BCUT2D eigenvalue weighted by atomic mass is 9.97. The molecule has 0 aliphatic rings. The largest absolute Gasteiger partial charge is 0.494 e. The Morgan fingerprint density at radius 2 is 1.81 bits per heavy atom. The Bertz CT molecular complexity index is 711. The average molecular weight is 374 g/mol. The predicted octanol–water partition coefficient (Wildman–Crippen LogP) is 5.48. The van der Waals surface area contributed by atoms with Gasteiger partial charge in [0.2, 0.25) is 0 Å². The normalized spacial score (nSPS) is 14.5. The van der Waals surface area contributed by atoms with Gasteiger partial charge in [-0.3, -0.25) is 9.93 Å². The third kappa shape index (κ3) is 5.89. The molecule has 2 aromatic carbocycles. The molecule has 2 N–H and O–H groups in total. The van der Waals surface area contributed by atoms with Crippen LogP contribution in [0.2, 0.25) is 0 Å². The summed E-state index contributed by atoms with van der Waals surface area (Å²) >= 11 is 0. The van der Waals surface area contributed by atoms with Crippen molar-refractivity contribution in [2.45, 2.75) is 45.3 Å². The van der Waals surface area contributed by atoms with Gasteiger partial charge in [0.1, 0.15) is 5.75 Å². The molecule has 0 saturated carbocycles. The van der Waals surface area contributed by atoms with Crippen LogP contribution in [0.5, 0.6) is 5.75 Å². The molecule has 0 bridgehead atoms. The molecule has 0 aromatic heterocycles. The van der Waals surface area contributed by atoms with E-state index in [0.717, 1.165) is 36.4 Å². The molecule has 26 heavy (non-hydrogen) atoms. The number of hydrogen-bond donors (Lipinski definition) is 1. The Kier molecular flexibility index (Phi) is 7.73. The first-order chi connectivity index (χ1) is 12.5. The fourth-order valence-corrected chi connectivity index (χ4v) is 3.93. The first kappa shape index (κ1) is 20.5. The SMILES string of the molecule is CCCCCOc1ccc(-c2ccc(CS(C)(N)C=O)cc2)c(CC)c1. The van der Waals surface area contributed by atoms with Gasteiger partial charge in [-0.15, -0.1) is 10.2 Å². The van der Waals surface area contributed by atoms with Crippen LogP contribution in [0, 0.1) is 0 Å². The highest BCUT2D eigenvalue weighted by atomic mass is 32.3. The van der Waals surface area contributed by atoms with Gasteiger partial charge in [-0.2, -0.15) is 0 Å². The molecule has 0 aliphatic carbocycles. The summed E-state index contributed by atoms with van der Waals surface area (Å²) in [5, 5.41) is 6.02. The fourth-order valence-electron chi connectivity index (χ4n) is 2.95. The predicted molar refractivity (Wildman–Crippen MR) is 114 cm³/mol. The van der Waals surface area contributed by atoms with Gasteiger partial charge >= 0.3 is 0 Å². The molecule has 0 radical (unpaired) electrons. The summed E-state index contributed by atoms with van der Waals surface area (Å²) in [6.07, 6.45) is 6.31. The molecule has 142 valence electrons. The van der Waals surface area contributed by atoms with E-state index in [1.54, 1.807) is 0 Å². The van der Waals surface area contributed by atoms with Gasteiger partial charge in [0.25, 0.3) is 0 Å². The summed E-state index contributed by atoms with van der Waals surface area (Å²) in [4.78, 5) is 11.0. The minimum Gasteiger partial charge on any atom is -0.494 e. The Hall–Kier alpha value is -1.78. The van der Waals surface area contributed by atoms with Crippen LogP contribution in [0.15, 0.2) is 42.5 Å². The monoisotopic (exact) mass is 373 g/mol. The number of benzene rings is 2. The number of rotatable bonds is 10. The number of hydrogen-bond acceptors (Lipinski definition) is 3. The maximum atomic E-state index is 11.0. The zero-order valence-electron chi connectivity index (χ0n) is 16.2. The maximum Gasteiger partial charge on any atom is 0.171 e. The quantitative estimate of drug-likeness (QED) is 0.443. The molecule has 0 heterocycles. The second-order valence-electron chi connectivity index (χ2n) is 6.90. The highest BCUT2D eigenvalue weighted by molar-refractivity contribution is 8.41. The van der Waals surface area contributed by atoms with Crippen LogP contribution in [0.1, 0.15) is 44.2 Å². The lowest BCUT2D eigenvalue weighted by Gasteiger charge is -2.23. The maximum absolute atomic E-state index is 11.0. The van der Waals surface area contributed by atoms with Gasteiger partial charge in [0.15, 0.2) is 5.62 Å². The second kappa shape index (κ2) is 9.79. The minimum atomic E-state index is -1.68. The van der Waals surface area contributed by atoms with Crippen molar-refractivity contribution in [2.75, 3.05) is 12.9 Å². The summed E-state index contributed by atoms with van der Waals surface area (Å²) in [5.74, 6) is 1.58. The van der Waals surface area contributed by atoms with Gasteiger partial charge < -0.3 is 4.74 Å². The van der Waals surface area contributed by atoms with E-state index in [1.165, 1.54) is 29.5 Å². The van der Waals surface area contributed by atoms with Crippen molar-refractivity contribution in [3.05, 3.63) is 53.6 Å². The summed E-state index contributed by atoms with van der Waals surface area (Å²) in [6, 6.07) is 14.7. The first-order valence-corrected chi connectivity index (χ1v) is 11.7. The third-order valence-electron chi connectivity index (χ3n) is 4.44.